The average Bonchev–Trinajstić information content (AvgIpc) is 2.73. The number of likely N-dealkylation sites (tertiary alicyclic amines) is 1. The van der Waals surface area contributed by atoms with Crippen molar-refractivity contribution in [3.05, 3.63) is 71.8 Å². The minimum Gasteiger partial charge on any atom is -0.436 e. The minimum absolute atomic E-state index is 0.122. The molecule has 0 aliphatic carbocycles. The van der Waals surface area contributed by atoms with E-state index in [2.05, 4.69) is 84.2 Å². The lowest BCUT2D eigenvalue weighted by Crippen LogP contribution is -2.45. The molecule has 28 heavy (non-hydrogen) atoms. The van der Waals surface area contributed by atoms with E-state index in [1.807, 2.05) is 12.1 Å². The van der Waals surface area contributed by atoms with Gasteiger partial charge in [0.2, 0.25) is 0 Å². The van der Waals surface area contributed by atoms with Crippen LogP contribution >= 0.6 is 0 Å². The van der Waals surface area contributed by atoms with Crippen molar-refractivity contribution >= 4 is 11.9 Å². The van der Waals surface area contributed by atoms with E-state index in [4.69, 9.17) is 4.84 Å². The number of oxime groups is 1. The molecule has 1 saturated heterocycles. The quantitative estimate of drug-likeness (QED) is 0.415. The highest BCUT2D eigenvalue weighted by Gasteiger charge is 2.42. The van der Waals surface area contributed by atoms with Crippen molar-refractivity contribution < 1.29 is 14.4 Å². The first-order chi connectivity index (χ1) is 13.5. The number of carbonyl (C=O) groups excluding carboxylic acids is 1. The molecule has 5 heteroatoms. The summed E-state index contributed by atoms with van der Waals surface area (Å²) < 4.78 is 4.60. The van der Waals surface area contributed by atoms with Gasteiger partial charge in [-0.2, -0.15) is 0 Å². The van der Waals surface area contributed by atoms with E-state index < -0.39 is 6.16 Å². The third-order valence-corrected chi connectivity index (χ3v) is 5.51. The molecule has 0 bridgehead atoms. The van der Waals surface area contributed by atoms with Gasteiger partial charge in [0.25, 0.3) is 0 Å². The zero-order chi connectivity index (χ0) is 20.1. The van der Waals surface area contributed by atoms with Crippen LogP contribution in [0.3, 0.4) is 0 Å². The molecule has 1 fully saturated rings. The van der Waals surface area contributed by atoms with Crippen molar-refractivity contribution in [2.24, 2.45) is 17.0 Å². The molecule has 5 nitrogen and oxygen atoms in total. The third-order valence-electron chi connectivity index (χ3n) is 5.51. The molecule has 0 N–H and O–H groups in total. The molecule has 2 aromatic carbocycles. The van der Waals surface area contributed by atoms with Gasteiger partial charge in [-0.3, -0.25) is 9.74 Å². The molecular weight excluding hydrogens is 352 g/mol. The first-order valence-electron chi connectivity index (χ1n) is 9.66. The summed E-state index contributed by atoms with van der Waals surface area (Å²) in [4.78, 5) is 19.0. The lowest BCUT2D eigenvalue weighted by molar-refractivity contribution is 0.0679. The Labute approximate surface area is 166 Å². The van der Waals surface area contributed by atoms with Gasteiger partial charge < -0.3 is 4.74 Å². The molecule has 0 amide bonds. The number of carbonyl (C=O) groups is 1. The van der Waals surface area contributed by atoms with Crippen LogP contribution in [0.25, 0.3) is 0 Å². The van der Waals surface area contributed by atoms with Crippen molar-refractivity contribution in [1.29, 1.82) is 0 Å². The Morgan fingerprint density at radius 1 is 1.04 bits per heavy atom. The van der Waals surface area contributed by atoms with E-state index in [0.29, 0.717) is 12.3 Å². The van der Waals surface area contributed by atoms with Crippen LogP contribution < -0.4 is 0 Å². The highest BCUT2D eigenvalue weighted by atomic mass is 16.8. The summed E-state index contributed by atoms with van der Waals surface area (Å²) in [5.41, 5.74) is 3.34. The summed E-state index contributed by atoms with van der Waals surface area (Å²) >= 11 is 0. The largest absolute Gasteiger partial charge is 0.534 e. The van der Waals surface area contributed by atoms with Crippen molar-refractivity contribution in [3.63, 3.8) is 0 Å². The Morgan fingerprint density at radius 3 is 2.14 bits per heavy atom. The molecule has 0 saturated carbocycles. The van der Waals surface area contributed by atoms with E-state index in [1.165, 1.54) is 18.2 Å². The summed E-state index contributed by atoms with van der Waals surface area (Å²) in [6.45, 7) is 4.37. The fraction of sp³-hybridized carbons (Fsp3) is 0.391. The normalized spacial score (nSPS) is 24.3. The van der Waals surface area contributed by atoms with Crippen LogP contribution in [0, 0.1) is 11.8 Å². The van der Waals surface area contributed by atoms with Crippen molar-refractivity contribution in [2.45, 2.75) is 32.4 Å². The van der Waals surface area contributed by atoms with E-state index in [1.54, 1.807) is 0 Å². The number of benzene rings is 2. The maximum absolute atomic E-state index is 11.5. The number of hydrogen-bond acceptors (Lipinski definition) is 5. The number of rotatable bonds is 4. The van der Waals surface area contributed by atoms with Gasteiger partial charge in [-0.25, -0.2) is 4.79 Å². The van der Waals surface area contributed by atoms with Crippen LogP contribution in [0.4, 0.5) is 4.79 Å². The lowest BCUT2D eigenvalue weighted by Gasteiger charge is -2.46. The number of nitrogens with zero attached hydrogens (tertiary/aromatic N) is 2. The average molecular weight is 380 g/mol. The topological polar surface area (TPSA) is 51.1 Å². The van der Waals surface area contributed by atoms with Crippen molar-refractivity contribution in [2.75, 3.05) is 14.2 Å². The standard InChI is InChI=1S/C23H28N2O3/c1-16(2)21-19(24-28-23(26)27-4)15-20(17-11-7-5-8-12-17)25(3)22(21)18-13-9-6-10-14-18/h5-14,16,20-22H,15H2,1-4H3/b24-19+. The fourth-order valence-corrected chi connectivity index (χ4v) is 4.21. The summed E-state index contributed by atoms with van der Waals surface area (Å²) in [5.74, 6) is 0.446. The lowest BCUT2D eigenvalue weighted by atomic mass is 9.74. The highest BCUT2D eigenvalue weighted by molar-refractivity contribution is 5.89. The zero-order valence-electron chi connectivity index (χ0n) is 16.9. The van der Waals surface area contributed by atoms with Crippen LogP contribution in [-0.2, 0) is 9.57 Å². The molecule has 3 atom stereocenters. The summed E-state index contributed by atoms with van der Waals surface area (Å²) in [5, 5.41) is 4.26. The smallest absolute Gasteiger partial charge is 0.436 e. The van der Waals surface area contributed by atoms with Gasteiger partial charge >= 0.3 is 6.16 Å². The van der Waals surface area contributed by atoms with Gasteiger partial charge in [-0.1, -0.05) is 79.7 Å². The highest BCUT2D eigenvalue weighted by Crippen LogP contribution is 2.45. The Balaban J connectivity index is 2.06. The van der Waals surface area contributed by atoms with Crippen molar-refractivity contribution in [1.82, 2.24) is 4.90 Å². The van der Waals surface area contributed by atoms with Gasteiger partial charge in [0, 0.05) is 24.4 Å². The molecule has 0 aromatic heterocycles. The Bertz CT molecular complexity index is 805. The second kappa shape index (κ2) is 9.02. The zero-order valence-corrected chi connectivity index (χ0v) is 16.9. The van der Waals surface area contributed by atoms with Gasteiger partial charge in [-0.05, 0) is 24.1 Å². The second-order valence-electron chi connectivity index (χ2n) is 7.55. The summed E-state index contributed by atoms with van der Waals surface area (Å²) in [6.07, 6.45) is -0.0922. The minimum atomic E-state index is -0.790. The van der Waals surface area contributed by atoms with Gasteiger partial charge in [0.1, 0.15) is 0 Å². The Kier molecular flexibility index (Phi) is 6.47. The molecule has 148 valence electrons. The SMILES string of the molecule is COC(=O)O/N=C1\CC(c2ccccc2)N(C)C(c2ccccc2)C1C(C)C. The maximum Gasteiger partial charge on any atom is 0.534 e. The van der Waals surface area contributed by atoms with E-state index in [-0.39, 0.29) is 18.0 Å². The van der Waals surface area contributed by atoms with Crippen LogP contribution in [0.5, 0.6) is 0 Å². The predicted molar refractivity (Wildman–Crippen MR) is 110 cm³/mol. The maximum atomic E-state index is 11.5. The molecule has 1 aliphatic rings. The number of methoxy groups -OCH3 is 1. The third kappa shape index (κ3) is 4.25. The molecule has 1 heterocycles. The van der Waals surface area contributed by atoms with Crippen LogP contribution in [0.1, 0.15) is 43.5 Å². The summed E-state index contributed by atoms with van der Waals surface area (Å²) in [7, 11) is 3.46. The number of piperidine rings is 1. The van der Waals surface area contributed by atoms with Gasteiger partial charge in [0.15, 0.2) is 0 Å². The predicted octanol–water partition coefficient (Wildman–Crippen LogP) is 5.22. The molecule has 1 aliphatic heterocycles. The number of ether oxygens (including phenoxy) is 1. The van der Waals surface area contributed by atoms with E-state index >= 15 is 0 Å². The van der Waals surface area contributed by atoms with Crippen LogP contribution in [0.2, 0.25) is 0 Å². The second-order valence-corrected chi connectivity index (χ2v) is 7.55. The molecule has 3 unspecified atom stereocenters. The Hall–Kier alpha value is -2.66. The molecular formula is C23H28N2O3. The molecule has 0 spiro atoms. The molecule has 3 rings (SSSR count). The monoisotopic (exact) mass is 380 g/mol. The first-order valence-corrected chi connectivity index (χ1v) is 9.66. The Morgan fingerprint density at radius 2 is 1.61 bits per heavy atom. The fourth-order valence-electron chi connectivity index (χ4n) is 4.21. The molecule has 2 aromatic rings. The summed E-state index contributed by atoms with van der Waals surface area (Å²) in [6, 6.07) is 21.1. The van der Waals surface area contributed by atoms with Gasteiger partial charge in [0.05, 0.1) is 12.8 Å². The first kappa shape index (κ1) is 20.1. The van der Waals surface area contributed by atoms with Crippen LogP contribution in [-0.4, -0.2) is 30.9 Å². The van der Waals surface area contributed by atoms with Crippen molar-refractivity contribution in [3.8, 4) is 0 Å². The van der Waals surface area contributed by atoms with Crippen LogP contribution in [0.15, 0.2) is 65.8 Å². The van der Waals surface area contributed by atoms with E-state index in [9.17, 15) is 4.79 Å². The number of hydrogen-bond donors (Lipinski definition) is 0. The van der Waals surface area contributed by atoms with E-state index in [0.717, 1.165) is 5.71 Å². The molecule has 0 radical (unpaired) electrons. The van der Waals surface area contributed by atoms with Gasteiger partial charge in [-0.15, -0.1) is 0 Å².